The highest BCUT2D eigenvalue weighted by atomic mass is 16.5. The Kier molecular flexibility index (Phi) is 6.01. The second kappa shape index (κ2) is 7.53. The molecule has 0 saturated heterocycles. The summed E-state index contributed by atoms with van der Waals surface area (Å²) in [6.07, 6.45) is 14.8. The van der Waals surface area contributed by atoms with E-state index >= 15 is 0 Å². The lowest BCUT2D eigenvalue weighted by Crippen LogP contribution is -2.27. The average molecular weight is 252 g/mol. The van der Waals surface area contributed by atoms with Gasteiger partial charge in [-0.05, 0) is 62.2 Å². The Morgan fingerprint density at radius 3 is 1.72 bits per heavy atom. The van der Waals surface area contributed by atoms with E-state index in [1.54, 1.807) is 0 Å². The van der Waals surface area contributed by atoms with Crippen LogP contribution in [0, 0.1) is 23.7 Å². The molecule has 0 amide bonds. The zero-order valence-electron chi connectivity index (χ0n) is 12.5. The molecule has 2 fully saturated rings. The molecule has 18 heavy (non-hydrogen) atoms. The Bertz CT molecular complexity index is 186. The van der Waals surface area contributed by atoms with Gasteiger partial charge in [0.15, 0.2) is 0 Å². The normalized spacial score (nSPS) is 37.7. The molecule has 106 valence electrons. The number of methoxy groups -OCH3 is 1. The first-order chi connectivity index (χ1) is 8.83. The van der Waals surface area contributed by atoms with E-state index < -0.39 is 0 Å². The molecule has 0 aromatic heterocycles. The quantitative estimate of drug-likeness (QED) is 0.665. The van der Waals surface area contributed by atoms with Gasteiger partial charge in [-0.25, -0.2) is 0 Å². The first kappa shape index (κ1) is 14.4. The summed E-state index contributed by atoms with van der Waals surface area (Å²) >= 11 is 0. The van der Waals surface area contributed by atoms with Crippen LogP contribution in [0.3, 0.4) is 0 Å². The third kappa shape index (κ3) is 3.98. The van der Waals surface area contributed by atoms with Crippen LogP contribution < -0.4 is 0 Å². The minimum absolute atomic E-state index is 0.864. The second-order valence-electron chi connectivity index (χ2n) is 6.81. The summed E-state index contributed by atoms with van der Waals surface area (Å²) in [4.78, 5) is 0. The molecule has 0 aliphatic heterocycles. The summed E-state index contributed by atoms with van der Waals surface area (Å²) in [5.41, 5.74) is 0. The lowest BCUT2D eigenvalue weighted by molar-refractivity contribution is 0.0927. The van der Waals surface area contributed by atoms with Crippen LogP contribution in [0.1, 0.15) is 71.1 Å². The molecule has 0 atom stereocenters. The van der Waals surface area contributed by atoms with E-state index in [4.69, 9.17) is 4.74 Å². The first-order valence-electron chi connectivity index (χ1n) is 8.32. The molecule has 0 unspecified atom stereocenters. The third-order valence-corrected chi connectivity index (χ3v) is 5.55. The van der Waals surface area contributed by atoms with Crippen molar-refractivity contribution in [2.75, 3.05) is 13.7 Å². The molecule has 0 aromatic rings. The summed E-state index contributed by atoms with van der Waals surface area (Å²) in [5.74, 6) is 4.06. The predicted molar refractivity (Wildman–Crippen MR) is 77.7 cm³/mol. The van der Waals surface area contributed by atoms with Crippen LogP contribution in [0.25, 0.3) is 0 Å². The van der Waals surface area contributed by atoms with Gasteiger partial charge in [-0.3, -0.25) is 0 Å². The second-order valence-corrected chi connectivity index (χ2v) is 6.81. The molecule has 0 aromatic carbocycles. The topological polar surface area (TPSA) is 9.23 Å². The van der Waals surface area contributed by atoms with Crippen LogP contribution in [0.4, 0.5) is 0 Å². The van der Waals surface area contributed by atoms with Crippen LogP contribution in [0.2, 0.25) is 0 Å². The van der Waals surface area contributed by atoms with E-state index in [2.05, 4.69) is 6.92 Å². The highest BCUT2D eigenvalue weighted by Crippen LogP contribution is 2.42. The van der Waals surface area contributed by atoms with Crippen LogP contribution in [0.5, 0.6) is 0 Å². The molecule has 1 nitrogen and oxygen atoms in total. The van der Waals surface area contributed by atoms with E-state index in [9.17, 15) is 0 Å². The van der Waals surface area contributed by atoms with E-state index in [0.717, 1.165) is 30.3 Å². The van der Waals surface area contributed by atoms with Gasteiger partial charge < -0.3 is 4.74 Å². The molecule has 0 heterocycles. The van der Waals surface area contributed by atoms with Crippen molar-refractivity contribution in [1.29, 1.82) is 0 Å². The number of hydrogen-bond donors (Lipinski definition) is 0. The van der Waals surface area contributed by atoms with Crippen molar-refractivity contribution >= 4 is 0 Å². The van der Waals surface area contributed by atoms with Crippen molar-refractivity contribution in [2.24, 2.45) is 23.7 Å². The van der Waals surface area contributed by atoms with Gasteiger partial charge in [-0.2, -0.15) is 0 Å². The van der Waals surface area contributed by atoms with Crippen LogP contribution in [-0.4, -0.2) is 13.7 Å². The number of hydrogen-bond acceptors (Lipinski definition) is 1. The van der Waals surface area contributed by atoms with E-state index in [-0.39, 0.29) is 0 Å². The fourth-order valence-electron chi connectivity index (χ4n) is 4.42. The highest BCUT2D eigenvalue weighted by molar-refractivity contribution is 4.81. The Hall–Kier alpha value is -0.0400. The van der Waals surface area contributed by atoms with Crippen molar-refractivity contribution < 1.29 is 4.74 Å². The molecule has 0 radical (unpaired) electrons. The lowest BCUT2D eigenvalue weighted by atomic mass is 9.69. The lowest BCUT2D eigenvalue weighted by Gasteiger charge is -2.37. The van der Waals surface area contributed by atoms with Gasteiger partial charge in [-0.1, -0.05) is 32.6 Å². The SMILES string of the molecule is CCCC1CCC([C@H]2CC[C@H](COC)CC2)CC1. The van der Waals surface area contributed by atoms with Gasteiger partial charge >= 0.3 is 0 Å². The van der Waals surface area contributed by atoms with Crippen LogP contribution >= 0.6 is 0 Å². The van der Waals surface area contributed by atoms with Crippen LogP contribution in [0.15, 0.2) is 0 Å². The van der Waals surface area contributed by atoms with Gasteiger partial charge in [0.1, 0.15) is 0 Å². The van der Waals surface area contributed by atoms with E-state index in [0.29, 0.717) is 0 Å². The molecule has 0 bridgehead atoms. The molecule has 2 rings (SSSR count). The summed E-state index contributed by atoms with van der Waals surface area (Å²) in [6, 6.07) is 0. The Balaban J connectivity index is 1.68. The average Bonchev–Trinajstić information content (AvgIpc) is 2.41. The minimum atomic E-state index is 0.864. The van der Waals surface area contributed by atoms with Crippen molar-refractivity contribution in [1.82, 2.24) is 0 Å². The zero-order valence-corrected chi connectivity index (χ0v) is 12.5. The maximum atomic E-state index is 5.30. The highest BCUT2D eigenvalue weighted by Gasteiger charge is 2.30. The number of ether oxygens (including phenoxy) is 1. The fraction of sp³-hybridized carbons (Fsp3) is 1.00. The molecule has 0 spiro atoms. The summed E-state index contributed by atoms with van der Waals surface area (Å²) in [6.45, 7) is 3.33. The first-order valence-corrected chi connectivity index (χ1v) is 8.32. The van der Waals surface area contributed by atoms with Crippen molar-refractivity contribution in [3.63, 3.8) is 0 Å². The smallest absolute Gasteiger partial charge is 0.0490 e. The Morgan fingerprint density at radius 1 is 0.778 bits per heavy atom. The standard InChI is InChI=1S/C17H32O/c1-3-4-14-5-9-16(10-6-14)17-11-7-15(8-12-17)13-18-2/h14-17H,3-13H2,1-2H3/t14?,15-,16?,17-. The maximum absolute atomic E-state index is 5.30. The molecule has 1 heteroatoms. The van der Waals surface area contributed by atoms with Crippen molar-refractivity contribution in [3.05, 3.63) is 0 Å². The van der Waals surface area contributed by atoms with Gasteiger partial charge in [-0.15, -0.1) is 0 Å². The van der Waals surface area contributed by atoms with Crippen molar-refractivity contribution in [2.45, 2.75) is 71.1 Å². The maximum Gasteiger partial charge on any atom is 0.0490 e. The molecular formula is C17H32O. The third-order valence-electron chi connectivity index (χ3n) is 5.55. The Labute approximate surface area is 114 Å². The minimum Gasteiger partial charge on any atom is -0.384 e. The molecular weight excluding hydrogens is 220 g/mol. The molecule has 2 saturated carbocycles. The van der Waals surface area contributed by atoms with Crippen molar-refractivity contribution in [3.8, 4) is 0 Å². The summed E-state index contributed by atoms with van der Waals surface area (Å²) in [5, 5.41) is 0. The summed E-state index contributed by atoms with van der Waals surface area (Å²) < 4.78 is 5.30. The fourth-order valence-corrected chi connectivity index (χ4v) is 4.42. The van der Waals surface area contributed by atoms with E-state index in [1.165, 1.54) is 64.2 Å². The largest absolute Gasteiger partial charge is 0.384 e. The van der Waals surface area contributed by atoms with Gasteiger partial charge in [0, 0.05) is 13.7 Å². The molecule has 2 aliphatic rings. The summed E-state index contributed by atoms with van der Waals surface area (Å²) in [7, 11) is 1.85. The van der Waals surface area contributed by atoms with Gasteiger partial charge in [0.2, 0.25) is 0 Å². The zero-order chi connectivity index (χ0) is 12.8. The predicted octanol–water partition coefficient (Wildman–Crippen LogP) is 5.05. The Morgan fingerprint density at radius 2 is 1.28 bits per heavy atom. The number of rotatable bonds is 5. The monoisotopic (exact) mass is 252 g/mol. The van der Waals surface area contributed by atoms with Crippen LogP contribution in [-0.2, 0) is 4.74 Å². The molecule has 2 aliphatic carbocycles. The van der Waals surface area contributed by atoms with Gasteiger partial charge in [0.05, 0.1) is 0 Å². The van der Waals surface area contributed by atoms with E-state index in [1.807, 2.05) is 7.11 Å². The molecule has 0 N–H and O–H groups in total. The van der Waals surface area contributed by atoms with Gasteiger partial charge in [0.25, 0.3) is 0 Å².